The summed E-state index contributed by atoms with van der Waals surface area (Å²) in [6, 6.07) is 7.81. The van der Waals surface area contributed by atoms with Crippen molar-refractivity contribution in [1.82, 2.24) is 0 Å². The molecule has 0 saturated carbocycles. The van der Waals surface area contributed by atoms with Gasteiger partial charge in [-0.25, -0.2) is 0 Å². The first-order chi connectivity index (χ1) is 8.63. The first kappa shape index (κ1) is 14.9. The molecule has 0 aliphatic rings. The van der Waals surface area contributed by atoms with E-state index >= 15 is 0 Å². The monoisotopic (exact) mass is 248 g/mol. The summed E-state index contributed by atoms with van der Waals surface area (Å²) in [6.07, 6.45) is 4.75. The Balaban J connectivity index is 2.35. The van der Waals surface area contributed by atoms with Crippen LogP contribution in [0.5, 0.6) is 0 Å². The van der Waals surface area contributed by atoms with E-state index in [0.717, 1.165) is 25.0 Å². The number of benzene rings is 1. The van der Waals surface area contributed by atoms with E-state index in [1.165, 1.54) is 18.4 Å². The zero-order valence-corrected chi connectivity index (χ0v) is 11.7. The van der Waals surface area contributed by atoms with E-state index in [1.807, 2.05) is 24.3 Å². The van der Waals surface area contributed by atoms with Gasteiger partial charge in [0.05, 0.1) is 6.10 Å². The predicted octanol–water partition coefficient (Wildman–Crippen LogP) is 4.03. The summed E-state index contributed by atoms with van der Waals surface area (Å²) < 4.78 is 5.76. The summed E-state index contributed by atoms with van der Waals surface area (Å²) in [7, 11) is 0. The Morgan fingerprint density at radius 2 is 1.89 bits per heavy atom. The van der Waals surface area contributed by atoms with Gasteiger partial charge in [0.2, 0.25) is 0 Å². The van der Waals surface area contributed by atoms with Gasteiger partial charge in [-0.3, -0.25) is 4.79 Å². The molecule has 0 N–H and O–H groups in total. The van der Waals surface area contributed by atoms with Crippen LogP contribution >= 0.6 is 0 Å². The van der Waals surface area contributed by atoms with Gasteiger partial charge in [0.1, 0.15) is 0 Å². The highest BCUT2D eigenvalue weighted by atomic mass is 16.5. The number of rotatable bonds is 8. The summed E-state index contributed by atoms with van der Waals surface area (Å²) in [5.74, 6) is 0.116. The number of ketones is 1. The van der Waals surface area contributed by atoms with Crippen LogP contribution in [0.15, 0.2) is 24.3 Å². The number of hydrogen-bond acceptors (Lipinski definition) is 2. The molecule has 0 spiro atoms. The van der Waals surface area contributed by atoms with E-state index < -0.39 is 0 Å². The van der Waals surface area contributed by atoms with Gasteiger partial charge in [-0.05, 0) is 32.3 Å². The van der Waals surface area contributed by atoms with Crippen LogP contribution in [0.3, 0.4) is 0 Å². The Kier molecular flexibility index (Phi) is 6.66. The number of hydrogen-bond donors (Lipinski definition) is 0. The Bertz CT molecular complexity index is 354. The quantitative estimate of drug-likeness (QED) is 0.513. The third-order valence-corrected chi connectivity index (χ3v) is 3.03. The van der Waals surface area contributed by atoms with Crippen LogP contribution in [0.4, 0.5) is 0 Å². The first-order valence-corrected chi connectivity index (χ1v) is 6.85. The Hall–Kier alpha value is -1.15. The zero-order valence-electron chi connectivity index (χ0n) is 11.7. The van der Waals surface area contributed by atoms with E-state index in [1.54, 1.807) is 6.92 Å². The first-order valence-electron chi connectivity index (χ1n) is 6.85. The van der Waals surface area contributed by atoms with Gasteiger partial charge in [0, 0.05) is 12.2 Å². The van der Waals surface area contributed by atoms with Crippen LogP contribution in [0.25, 0.3) is 0 Å². The summed E-state index contributed by atoms with van der Waals surface area (Å²) in [4.78, 5) is 11.2. The minimum absolute atomic E-state index is 0.116. The lowest BCUT2D eigenvalue weighted by Crippen LogP contribution is -2.12. The smallest absolute Gasteiger partial charge is 0.159 e. The van der Waals surface area contributed by atoms with E-state index in [0.29, 0.717) is 0 Å². The zero-order chi connectivity index (χ0) is 13.4. The van der Waals surface area contributed by atoms with Gasteiger partial charge in [-0.1, -0.05) is 44.0 Å². The molecule has 0 aliphatic heterocycles. The molecule has 0 fully saturated rings. The SMILES string of the molecule is CCCCCOC(C)Cc1ccc(C(C)=O)cc1. The van der Waals surface area contributed by atoms with Crippen molar-refractivity contribution >= 4 is 5.78 Å². The van der Waals surface area contributed by atoms with E-state index in [9.17, 15) is 4.79 Å². The van der Waals surface area contributed by atoms with Crippen molar-refractivity contribution in [2.45, 2.75) is 52.6 Å². The molecule has 1 unspecified atom stereocenters. The lowest BCUT2D eigenvalue weighted by molar-refractivity contribution is 0.0637. The molecule has 100 valence electrons. The van der Waals surface area contributed by atoms with E-state index in [-0.39, 0.29) is 11.9 Å². The molecule has 2 heteroatoms. The number of Topliss-reactive ketones (excluding diaryl/α,β-unsaturated/α-hetero) is 1. The van der Waals surface area contributed by atoms with Crippen LogP contribution in [-0.4, -0.2) is 18.5 Å². The maximum absolute atomic E-state index is 11.2. The molecule has 1 aromatic carbocycles. The van der Waals surface area contributed by atoms with Gasteiger partial charge < -0.3 is 4.74 Å². The molecule has 18 heavy (non-hydrogen) atoms. The molecular weight excluding hydrogens is 224 g/mol. The van der Waals surface area contributed by atoms with Gasteiger partial charge in [0.25, 0.3) is 0 Å². The lowest BCUT2D eigenvalue weighted by Gasteiger charge is -2.13. The molecule has 0 amide bonds. The van der Waals surface area contributed by atoms with Gasteiger partial charge >= 0.3 is 0 Å². The standard InChI is InChI=1S/C16H24O2/c1-4-5-6-11-18-13(2)12-15-7-9-16(10-8-15)14(3)17/h7-10,13H,4-6,11-12H2,1-3H3. The van der Waals surface area contributed by atoms with Crippen molar-refractivity contribution in [3.63, 3.8) is 0 Å². The van der Waals surface area contributed by atoms with Crippen molar-refractivity contribution in [1.29, 1.82) is 0 Å². The topological polar surface area (TPSA) is 26.3 Å². The molecule has 1 rings (SSSR count). The average Bonchev–Trinajstić information content (AvgIpc) is 2.35. The third kappa shape index (κ3) is 5.46. The largest absolute Gasteiger partial charge is 0.378 e. The summed E-state index contributed by atoms with van der Waals surface area (Å²) in [5, 5.41) is 0. The average molecular weight is 248 g/mol. The fourth-order valence-electron chi connectivity index (χ4n) is 1.90. The molecule has 0 radical (unpaired) electrons. The molecule has 0 aliphatic carbocycles. The summed E-state index contributed by atoms with van der Waals surface area (Å²) in [6.45, 7) is 6.74. The maximum atomic E-state index is 11.2. The van der Waals surface area contributed by atoms with Crippen molar-refractivity contribution in [3.8, 4) is 0 Å². The van der Waals surface area contributed by atoms with Crippen LogP contribution in [0, 0.1) is 0 Å². The van der Waals surface area contributed by atoms with Crippen molar-refractivity contribution in [3.05, 3.63) is 35.4 Å². The Morgan fingerprint density at radius 3 is 2.44 bits per heavy atom. The van der Waals surface area contributed by atoms with Crippen LogP contribution in [0.2, 0.25) is 0 Å². The minimum Gasteiger partial charge on any atom is -0.378 e. The lowest BCUT2D eigenvalue weighted by atomic mass is 10.0. The van der Waals surface area contributed by atoms with Crippen molar-refractivity contribution < 1.29 is 9.53 Å². The third-order valence-electron chi connectivity index (χ3n) is 3.03. The Morgan fingerprint density at radius 1 is 1.22 bits per heavy atom. The van der Waals surface area contributed by atoms with E-state index in [4.69, 9.17) is 4.74 Å². The molecule has 1 aromatic rings. The van der Waals surface area contributed by atoms with Crippen LogP contribution < -0.4 is 0 Å². The minimum atomic E-state index is 0.116. The maximum Gasteiger partial charge on any atom is 0.159 e. The fraction of sp³-hybridized carbons (Fsp3) is 0.562. The number of carbonyl (C=O) groups excluding carboxylic acids is 1. The van der Waals surface area contributed by atoms with Gasteiger partial charge in [0.15, 0.2) is 5.78 Å². The highest BCUT2D eigenvalue weighted by Crippen LogP contribution is 2.09. The second-order valence-electron chi connectivity index (χ2n) is 4.85. The van der Waals surface area contributed by atoms with Gasteiger partial charge in [-0.2, -0.15) is 0 Å². The number of unbranched alkanes of at least 4 members (excludes halogenated alkanes) is 2. The second-order valence-corrected chi connectivity index (χ2v) is 4.85. The highest BCUT2D eigenvalue weighted by molar-refractivity contribution is 5.93. The molecule has 0 aromatic heterocycles. The molecular formula is C16H24O2. The molecule has 0 bridgehead atoms. The normalized spacial score (nSPS) is 12.4. The van der Waals surface area contributed by atoms with Crippen LogP contribution in [-0.2, 0) is 11.2 Å². The van der Waals surface area contributed by atoms with Gasteiger partial charge in [-0.15, -0.1) is 0 Å². The molecule has 1 atom stereocenters. The summed E-state index contributed by atoms with van der Waals surface area (Å²) in [5.41, 5.74) is 2.00. The van der Waals surface area contributed by atoms with Crippen molar-refractivity contribution in [2.75, 3.05) is 6.61 Å². The summed E-state index contributed by atoms with van der Waals surface area (Å²) >= 11 is 0. The molecule has 0 heterocycles. The second kappa shape index (κ2) is 8.04. The molecule has 0 saturated heterocycles. The van der Waals surface area contributed by atoms with Crippen LogP contribution in [0.1, 0.15) is 56.0 Å². The van der Waals surface area contributed by atoms with E-state index in [2.05, 4.69) is 13.8 Å². The predicted molar refractivity (Wildman–Crippen MR) is 75.1 cm³/mol. The number of ether oxygens (including phenoxy) is 1. The number of carbonyl (C=O) groups is 1. The molecule has 2 nitrogen and oxygen atoms in total. The fourth-order valence-corrected chi connectivity index (χ4v) is 1.90. The Labute approximate surface area is 110 Å². The van der Waals surface area contributed by atoms with Crippen molar-refractivity contribution in [2.24, 2.45) is 0 Å². The highest BCUT2D eigenvalue weighted by Gasteiger charge is 2.05.